The fourth-order valence-electron chi connectivity index (χ4n) is 5.51. The Labute approximate surface area is 223 Å². The highest BCUT2D eigenvalue weighted by Gasteiger charge is 2.44. The maximum Gasteiger partial charge on any atom is 0.573 e. The molecule has 1 saturated heterocycles. The molecule has 39 heavy (non-hydrogen) atoms. The molecule has 2 fully saturated rings. The van der Waals surface area contributed by atoms with Crippen LogP contribution in [0.25, 0.3) is 11.4 Å². The van der Waals surface area contributed by atoms with Gasteiger partial charge in [0.05, 0.1) is 12.5 Å². The summed E-state index contributed by atoms with van der Waals surface area (Å²) in [6, 6.07) is 7.62. The molecule has 5 rings (SSSR count). The van der Waals surface area contributed by atoms with Crippen LogP contribution in [0.15, 0.2) is 48.9 Å². The molecule has 1 saturated carbocycles. The molecule has 3 aromatic rings. The Hall–Kier alpha value is -3.96. The number of rotatable bonds is 7. The van der Waals surface area contributed by atoms with Crippen LogP contribution in [0.1, 0.15) is 39.0 Å². The Kier molecular flexibility index (Phi) is 7.53. The smallest absolute Gasteiger partial charge is 0.466 e. The summed E-state index contributed by atoms with van der Waals surface area (Å²) in [5.41, 5.74) is 0.738. The third kappa shape index (κ3) is 6.55. The van der Waals surface area contributed by atoms with Crippen LogP contribution in [0.5, 0.6) is 5.75 Å². The van der Waals surface area contributed by atoms with E-state index in [1.807, 2.05) is 6.92 Å². The van der Waals surface area contributed by atoms with Crippen molar-refractivity contribution >= 4 is 23.4 Å². The average molecular weight is 543 g/mol. The molecule has 1 aliphatic heterocycles. The van der Waals surface area contributed by atoms with Crippen molar-refractivity contribution in [2.75, 3.05) is 29.9 Å². The van der Waals surface area contributed by atoms with Gasteiger partial charge in [0.25, 0.3) is 0 Å². The van der Waals surface area contributed by atoms with Crippen LogP contribution in [-0.4, -0.2) is 52.0 Å². The van der Waals surface area contributed by atoms with Crippen LogP contribution < -0.4 is 15.0 Å². The number of alkyl halides is 3. The predicted molar refractivity (Wildman–Crippen MR) is 137 cm³/mol. The van der Waals surface area contributed by atoms with Gasteiger partial charge in [-0.05, 0) is 56.2 Å². The van der Waals surface area contributed by atoms with Crippen LogP contribution in [0, 0.1) is 11.3 Å². The van der Waals surface area contributed by atoms with Crippen molar-refractivity contribution in [2.45, 2.75) is 45.4 Å². The first-order valence-electron chi connectivity index (χ1n) is 12.9. The monoisotopic (exact) mass is 542 g/mol. The maximum absolute atomic E-state index is 12.7. The number of hydrogen-bond donors (Lipinski definition) is 1. The van der Waals surface area contributed by atoms with Crippen molar-refractivity contribution in [1.29, 1.82) is 0 Å². The first-order chi connectivity index (χ1) is 18.7. The normalized spacial score (nSPS) is 21.1. The standard InChI is InChI=1S/C27H29F3N6O3/c1-2-38-25(37)19-4-3-8-26(16-19)9-13-36(17-26)23-15-22(34-24(35-23)18-5-10-31-11-6-18)33-21-14-20(7-12-32-21)39-27(28,29)30/h5-7,10-12,14-15,19H,2-4,8-9,13,16-17H2,1H3,(H,32,33,34,35). The average Bonchev–Trinajstić information content (AvgIpc) is 3.31. The van der Waals surface area contributed by atoms with Crippen LogP contribution >= 0.6 is 0 Å². The summed E-state index contributed by atoms with van der Waals surface area (Å²) in [7, 11) is 0. The van der Waals surface area contributed by atoms with Crippen molar-refractivity contribution in [3.05, 3.63) is 48.9 Å². The lowest BCUT2D eigenvalue weighted by Gasteiger charge is -2.37. The highest BCUT2D eigenvalue weighted by atomic mass is 19.4. The Morgan fingerprint density at radius 2 is 1.95 bits per heavy atom. The summed E-state index contributed by atoms with van der Waals surface area (Å²) in [6.07, 6.45) is 4.25. The van der Waals surface area contributed by atoms with Crippen molar-refractivity contribution in [3.63, 3.8) is 0 Å². The van der Waals surface area contributed by atoms with Gasteiger partial charge in [-0.3, -0.25) is 9.78 Å². The zero-order chi connectivity index (χ0) is 27.5. The Morgan fingerprint density at radius 3 is 2.72 bits per heavy atom. The molecule has 1 spiro atoms. The lowest BCUT2D eigenvalue weighted by Crippen LogP contribution is -2.35. The summed E-state index contributed by atoms with van der Waals surface area (Å²) in [4.78, 5) is 32.2. The third-order valence-electron chi connectivity index (χ3n) is 7.19. The minimum Gasteiger partial charge on any atom is -0.466 e. The lowest BCUT2D eigenvalue weighted by atomic mass is 9.69. The SMILES string of the molecule is CCOC(=O)C1CCCC2(CCN(c3cc(Nc4cc(OC(F)(F)F)ccn4)nc(-c4ccncc4)n3)C2)C1. The van der Waals surface area contributed by atoms with E-state index in [1.165, 1.54) is 6.20 Å². The number of nitrogens with one attached hydrogen (secondary N) is 1. The number of carbonyl (C=O) groups is 1. The minimum absolute atomic E-state index is 0.00410. The molecule has 0 radical (unpaired) electrons. The molecule has 1 N–H and O–H groups in total. The second-order valence-electron chi connectivity index (χ2n) is 9.94. The molecule has 2 atom stereocenters. The number of anilines is 3. The van der Waals surface area contributed by atoms with E-state index in [9.17, 15) is 18.0 Å². The molecule has 0 amide bonds. The Bertz CT molecular complexity index is 1310. The number of carbonyl (C=O) groups excluding carboxylic acids is 1. The highest BCUT2D eigenvalue weighted by molar-refractivity contribution is 5.72. The lowest BCUT2D eigenvalue weighted by molar-refractivity contribution is -0.274. The molecule has 3 aromatic heterocycles. The number of halogens is 3. The van der Waals surface area contributed by atoms with E-state index in [4.69, 9.17) is 9.72 Å². The van der Waals surface area contributed by atoms with Gasteiger partial charge >= 0.3 is 12.3 Å². The predicted octanol–water partition coefficient (Wildman–Crippen LogP) is 5.53. The van der Waals surface area contributed by atoms with E-state index in [2.05, 4.69) is 29.9 Å². The number of pyridine rings is 2. The molecular weight excluding hydrogens is 513 g/mol. The van der Waals surface area contributed by atoms with Gasteiger partial charge < -0.3 is 19.7 Å². The molecule has 0 bridgehead atoms. The van der Waals surface area contributed by atoms with E-state index in [0.29, 0.717) is 24.1 Å². The van der Waals surface area contributed by atoms with Crippen molar-refractivity contribution < 1.29 is 27.4 Å². The molecule has 2 aliphatic rings. The number of ether oxygens (including phenoxy) is 2. The number of hydrogen-bond acceptors (Lipinski definition) is 9. The van der Waals surface area contributed by atoms with Gasteiger partial charge in [0, 0.05) is 49.4 Å². The maximum atomic E-state index is 12.7. The molecule has 4 heterocycles. The summed E-state index contributed by atoms with van der Waals surface area (Å²) < 4.78 is 47.4. The number of nitrogens with zero attached hydrogens (tertiary/aromatic N) is 5. The van der Waals surface area contributed by atoms with E-state index < -0.39 is 12.1 Å². The summed E-state index contributed by atoms with van der Waals surface area (Å²) in [5.74, 6) is 1.03. The van der Waals surface area contributed by atoms with Gasteiger partial charge in [-0.1, -0.05) is 6.42 Å². The quantitative estimate of drug-likeness (QED) is 0.386. The first-order valence-corrected chi connectivity index (χ1v) is 12.9. The van der Waals surface area contributed by atoms with Crippen LogP contribution in [-0.2, 0) is 9.53 Å². The first kappa shape index (κ1) is 26.6. The fraction of sp³-hybridized carbons (Fsp3) is 0.444. The van der Waals surface area contributed by atoms with Gasteiger partial charge in [-0.2, -0.15) is 0 Å². The molecular formula is C27H29F3N6O3. The van der Waals surface area contributed by atoms with E-state index in [0.717, 1.165) is 62.9 Å². The van der Waals surface area contributed by atoms with E-state index in [-0.39, 0.29) is 23.1 Å². The molecule has 9 nitrogen and oxygen atoms in total. The van der Waals surface area contributed by atoms with Crippen molar-refractivity contribution in [2.24, 2.45) is 11.3 Å². The van der Waals surface area contributed by atoms with Gasteiger partial charge in [0.15, 0.2) is 5.82 Å². The van der Waals surface area contributed by atoms with Crippen molar-refractivity contribution in [1.82, 2.24) is 19.9 Å². The van der Waals surface area contributed by atoms with Crippen molar-refractivity contribution in [3.8, 4) is 17.1 Å². The zero-order valence-corrected chi connectivity index (χ0v) is 21.4. The van der Waals surface area contributed by atoms with Crippen LogP contribution in [0.2, 0.25) is 0 Å². The molecule has 12 heteroatoms. The summed E-state index contributed by atoms with van der Waals surface area (Å²) >= 11 is 0. The summed E-state index contributed by atoms with van der Waals surface area (Å²) in [6.45, 7) is 3.70. The molecule has 2 unspecified atom stereocenters. The molecule has 206 valence electrons. The van der Waals surface area contributed by atoms with Crippen LogP contribution in [0.4, 0.5) is 30.6 Å². The fourth-order valence-corrected chi connectivity index (χ4v) is 5.51. The number of esters is 1. The zero-order valence-electron chi connectivity index (χ0n) is 21.4. The van der Waals surface area contributed by atoms with Crippen LogP contribution in [0.3, 0.4) is 0 Å². The topological polar surface area (TPSA) is 102 Å². The third-order valence-corrected chi connectivity index (χ3v) is 7.19. The molecule has 1 aliphatic carbocycles. The van der Waals surface area contributed by atoms with E-state index in [1.54, 1.807) is 30.6 Å². The van der Waals surface area contributed by atoms with Gasteiger partial charge in [-0.25, -0.2) is 15.0 Å². The van der Waals surface area contributed by atoms with Gasteiger partial charge in [0.2, 0.25) is 0 Å². The summed E-state index contributed by atoms with van der Waals surface area (Å²) in [5, 5.41) is 3.00. The Balaban J connectivity index is 1.41. The highest BCUT2D eigenvalue weighted by Crippen LogP contribution is 2.47. The second-order valence-corrected chi connectivity index (χ2v) is 9.94. The van der Waals surface area contributed by atoms with E-state index >= 15 is 0 Å². The largest absolute Gasteiger partial charge is 0.573 e. The Morgan fingerprint density at radius 1 is 1.13 bits per heavy atom. The molecule has 0 aromatic carbocycles. The van der Waals surface area contributed by atoms with Gasteiger partial charge in [-0.15, -0.1) is 13.2 Å². The number of aromatic nitrogens is 4. The van der Waals surface area contributed by atoms with Gasteiger partial charge in [0.1, 0.15) is 23.2 Å². The second kappa shape index (κ2) is 11.0. The minimum atomic E-state index is -4.81.